The lowest BCUT2D eigenvalue weighted by Gasteiger charge is -2.52. The fraction of sp³-hybridized carbons (Fsp3) is 0.951. The summed E-state index contributed by atoms with van der Waals surface area (Å²) in [5, 5.41) is 282. The van der Waals surface area contributed by atoms with Crippen LogP contribution in [-0.4, -0.2) is 460 Å². The van der Waals surface area contributed by atoms with Gasteiger partial charge in [-0.1, -0.05) is 0 Å². The van der Waals surface area contributed by atoms with Gasteiger partial charge in [0.05, 0.1) is 63.6 Å². The van der Waals surface area contributed by atoms with Crippen LogP contribution in [0.4, 0.5) is 0 Å². The molecule has 47 heteroatoms. The first-order valence-electron chi connectivity index (χ1n) is 34.7. The lowest BCUT2D eigenvalue weighted by Crippen LogP contribution is -2.71. The van der Waals surface area contributed by atoms with Gasteiger partial charge in [-0.3, -0.25) is 9.59 Å². The van der Waals surface area contributed by atoms with Gasteiger partial charge in [0.2, 0.25) is 11.8 Å². The Morgan fingerprint density at radius 2 is 0.796 bits per heavy atom. The van der Waals surface area contributed by atoms with Crippen LogP contribution in [-0.2, 0) is 94.9 Å². The Morgan fingerprint density at radius 3 is 1.26 bits per heavy atom. The second kappa shape index (κ2) is 37.1. The standard InChI is InChI=1S/C61H102N2O45/c1-13-27(71)35(79)40(84)54(93-13)98-20-7-61(60(90)91,108-50(31(75)19(70)8-64)45(20)102-55-41(85)36(80)28(72)14(2)94-55)107-49-33(77)22(10-66)99-58(44(49)88)104-47-25(62-17(5)68)52(89)97-24(34(47)78)12-92-53-26(63-18(6)69)48(105-56-42(86)37(81)29(73)15(3)95-56)46(23(11-67)101-53)103-59-51(39(83)32(76)21(9-65)100-59)106-57-43(87)38(82)30(74)16(4)96-57/h13-16,19-59,64-67,70-89H,7-12H2,1-6H3,(H,62,68)(H,63,69)(H,90,91)/t13-,14-,15-,16-,19+,20-,21+,22+,23+,24+,25+,26+,27+,28+,29+,30+,31+,32-,33-,34-,35+,36+,37+,38+,39-,40-,41-,42-,43-,44+,45+,46+,47+,48+,49-,50-,51+,52+,53+,54-,55-,56-,57-,58-,59-,61+/m0/s1. The van der Waals surface area contributed by atoms with E-state index >= 15 is 0 Å². The SMILES string of the molecule is CC(=O)N[C@@H]1[C@@H](O[C@@H]2O[C@H](CO)[C@H](O)[C@H](O[C@]3(C(=O)O)C[C@H](O[C@@H]4O[C@@H](C)[C@@H](O)[C@@H](O)[C@@H]4O)[C@@H](O[C@@H]4O[C@@H](C)[C@@H](O)[C@@H](O)[C@@H]4O)[C@H]([C@H](O)[C@H](O)CO)O3)[C@H]2O)[C@@H](O)[C@@H](CO[C@@H]2O[C@H](CO)[C@@H](O[C@@H]3O[C@H](CO)[C@H](O)[C@H](O)[C@H]3O[C@@H]3O[C@@H](C)[C@@H](O)[C@@H](O)[C@@H]3O)[C@H](O[C@@H]3O[C@@H](C)[C@@H](O)[C@@H](O)[C@@H]3O)[C@H]2NC(C)=O)O[C@H]1O. The molecule has 0 spiro atoms. The second-order valence-electron chi connectivity index (χ2n) is 28.1. The Balaban J connectivity index is 1.02. The van der Waals surface area contributed by atoms with Crippen LogP contribution in [0.25, 0.3) is 0 Å². The maximum Gasteiger partial charge on any atom is 0.364 e. The van der Waals surface area contributed by atoms with Crippen molar-refractivity contribution in [3.8, 4) is 0 Å². The Morgan fingerprint density at radius 1 is 0.398 bits per heavy atom. The maximum atomic E-state index is 14.0. The summed E-state index contributed by atoms with van der Waals surface area (Å²) in [5.41, 5.74) is 0. The number of carbonyl (C=O) groups is 3. The molecule has 0 saturated carbocycles. The number of aliphatic hydroxyl groups is 24. The molecule has 27 N–H and O–H groups in total. The van der Waals surface area contributed by atoms with E-state index in [0.29, 0.717) is 0 Å². The highest BCUT2D eigenvalue weighted by atomic mass is 16.8. The number of carboxylic acid groups (broad SMARTS) is 1. The van der Waals surface area contributed by atoms with E-state index in [2.05, 4.69) is 10.6 Å². The summed E-state index contributed by atoms with van der Waals surface area (Å²) >= 11 is 0. The summed E-state index contributed by atoms with van der Waals surface area (Å²) in [4.78, 5) is 40.3. The molecule has 0 aromatic heterocycles. The summed E-state index contributed by atoms with van der Waals surface area (Å²) in [6.07, 6.45) is -89.5. The first-order chi connectivity index (χ1) is 50.7. The van der Waals surface area contributed by atoms with Crippen LogP contribution in [0, 0.1) is 0 Å². The highest BCUT2D eigenvalue weighted by molar-refractivity contribution is 5.76. The Hall–Kier alpha value is -3.23. The fourth-order valence-electron chi connectivity index (χ4n) is 14.1. The number of ether oxygens (including phenoxy) is 17. The molecule has 2 amide bonds. The summed E-state index contributed by atoms with van der Waals surface area (Å²) < 4.78 is 101. The van der Waals surface area contributed by atoms with Crippen LogP contribution < -0.4 is 10.6 Å². The van der Waals surface area contributed by atoms with Gasteiger partial charge >= 0.3 is 5.97 Å². The largest absolute Gasteiger partial charge is 0.477 e. The number of aliphatic carboxylic acids is 1. The number of hydrogen-bond acceptors (Lipinski definition) is 44. The van der Waals surface area contributed by atoms with E-state index in [4.69, 9.17) is 80.5 Å². The summed E-state index contributed by atoms with van der Waals surface area (Å²) in [7, 11) is 0. The van der Waals surface area contributed by atoms with E-state index in [1.54, 1.807) is 0 Å². The molecule has 108 heavy (non-hydrogen) atoms. The van der Waals surface area contributed by atoms with Crippen molar-refractivity contribution < 1.29 is 223 Å². The zero-order valence-corrected chi connectivity index (χ0v) is 58.6. The van der Waals surface area contributed by atoms with E-state index in [1.165, 1.54) is 27.7 Å². The molecule has 9 aliphatic heterocycles. The molecular formula is C61H102N2O45. The van der Waals surface area contributed by atoms with Gasteiger partial charge in [0.25, 0.3) is 5.79 Å². The summed E-state index contributed by atoms with van der Waals surface area (Å²) in [6.45, 7) is 0.924. The third-order valence-corrected chi connectivity index (χ3v) is 20.4. The number of amides is 2. The molecule has 46 atom stereocenters. The molecule has 0 unspecified atom stereocenters. The van der Waals surface area contributed by atoms with Crippen LogP contribution in [0.15, 0.2) is 0 Å². The van der Waals surface area contributed by atoms with E-state index in [0.717, 1.165) is 13.8 Å². The van der Waals surface area contributed by atoms with Crippen molar-refractivity contribution in [2.24, 2.45) is 0 Å². The quantitative estimate of drug-likeness (QED) is 0.0382. The smallest absolute Gasteiger partial charge is 0.364 e. The zero-order valence-electron chi connectivity index (χ0n) is 58.6. The highest BCUT2D eigenvalue weighted by Gasteiger charge is 2.64. The number of carboxylic acids is 1. The van der Waals surface area contributed by atoms with Crippen molar-refractivity contribution in [3.63, 3.8) is 0 Å². The van der Waals surface area contributed by atoms with Crippen LogP contribution in [0.5, 0.6) is 0 Å². The van der Waals surface area contributed by atoms with Gasteiger partial charge < -0.3 is 219 Å². The first kappa shape index (κ1) is 88.7. The minimum absolute atomic E-state index is 0.921. The predicted octanol–water partition coefficient (Wildman–Crippen LogP) is -17.0. The van der Waals surface area contributed by atoms with Gasteiger partial charge in [0.15, 0.2) is 50.3 Å². The highest BCUT2D eigenvalue weighted by Crippen LogP contribution is 2.44. The van der Waals surface area contributed by atoms with Gasteiger partial charge in [-0.25, -0.2) is 4.79 Å². The molecule has 0 aliphatic carbocycles. The molecule has 9 saturated heterocycles. The van der Waals surface area contributed by atoms with Crippen molar-refractivity contribution in [1.29, 1.82) is 0 Å². The average molecular weight is 1580 g/mol. The predicted molar refractivity (Wildman–Crippen MR) is 332 cm³/mol. The molecule has 626 valence electrons. The number of carbonyl (C=O) groups excluding carboxylic acids is 2. The number of hydrogen-bond donors (Lipinski definition) is 27. The van der Waals surface area contributed by atoms with Crippen molar-refractivity contribution in [3.05, 3.63) is 0 Å². The van der Waals surface area contributed by atoms with E-state index in [1.807, 2.05) is 0 Å². The number of rotatable bonds is 26. The molecule has 0 aromatic rings. The maximum absolute atomic E-state index is 14.0. The van der Waals surface area contributed by atoms with Crippen molar-refractivity contribution in [2.75, 3.05) is 33.0 Å². The van der Waals surface area contributed by atoms with E-state index < -0.39 is 339 Å². The minimum Gasteiger partial charge on any atom is -0.477 e. The molecule has 9 rings (SSSR count). The first-order valence-corrected chi connectivity index (χ1v) is 34.7. The van der Waals surface area contributed by atoms with Crippen molar-refractivity contribution >= 4 is 17.8 Å². The molecule has 9 heterocycles. The zero-order chi connectivity index (χ0) is 79.9. The van der Waals surface area contributed by atoms with E-state index in [9.17, 15) is 142 Å². The van der Waals surface area contributed by atoms with Crippen LogP contribution in [0.3, 0.4) is 0 Å². The van der Waals surface area contributed by atoms with Gasteiger partial charge in [-0.05, 0) is 27.7 Å². The number of nitrogens with one attached hydrogen (secondary N) is 2. The van der Waals surface area contributed by atoms with Crippen molar-refractivity contribution in [1.82, 2.24) is 10.6 Å². The number of aliphatic hydroxyl groups excluding tert-OH is 24. The topological polar surface area (TPSA) is 738 Å². The van der Waals surface area contributed by atoms with Crippen LogP contribution in [0.1, 0.15) is 48.0 Å². The van der Waals surface area contributed by atoms with E-state index in [-0.39, 0.29) is 0 Å². The van der Waals surface area contributed by atoms with Crippen molar-refractivity contribution in [2.45, 2.75) is 330 Å². The summed E-state index contributed by atoms with van der Waals surface area (Å²) in [5.74, 6) is -7.72. The molecule has 9 aliphatic rings. The monoisotopic (exact) mass is 1580 g/mol. The van der Waals surface area contributed by atoms with Crippen LogP contribution in [0.2, 0.25) is 0 Å². The molecule has 9 fully saturated rings. The van der Waals surface area contributed by atoms with Crippen LogP contribution >= 0.6 is 0 Å². The third-order valence-electron chi connectivity index (χ3n) is 20.4. The van der Waals surface area contributed by atoms with Gasteiger partial charge in [0, 0.05) is 20.3 Å². The molecule has 0 bridgehead atoms. The lowest BCUT2D eigenvalue weighted by atomic mass is 9.89. The Kier molecular flexibility index (Phi) is 30.5. The molecule has 47 nitrogen and oxygen atoms in total. The normalized spacial score (nSPS) is 51.0. The summed E-state index contributed by atoms with van der Waals surface area (Å²) in [6, 6.07) is -3.87. The van der Waals surface area contributed by atoms with Gasteiger partial charge in [0.1, 0.15) is 195 Å². The fourth-order valence-corrected chi connectivity index (χ4v) is 14.1. The molecule has 0 radical (unpaired) electrons. The molecule has 0 aromatic carbocycles. The minimum atomic E-state index is -3.54. The third kappa shape index (κ3) is 18.7. The Labute approximate surface area is 612 Å². The lowest BCUT2D eigenvalue weighted by molar-refractivity contribution is -0.408. The second-order valence-corrected chi connectivity index (χ2v) is 28.1. The van der Waals surface area contributed by atoms with Gasteiger partial charge in [-0.15, -0.1) is 0 Å². The Bertz CT molecular complexity index is 2880. The average Bonchev–Trinajstić information content (AvgIpc) is 0.740. The van der Waals surface area contributed by atoms with Gasteiger partial charge in [-0.2, -0.15) is 0 Å². The molecular weight excluding hydrogens is 1480 g/mol.